The highest BCUT2D eigenvalue weighted by molar-refractivity contribution is 6.06. The van der Waals surface area contributed by atoms with Gasteiger partial charge in [0.05, 0.1) is 25.5 Å². The van der Waals surface area contributed by atoms with Crippen LogP contribution in [0.15, 0.2) is 53.7 Å². The van der Waals surface area contributed by atoms with E-state index in [9.17, 15) is 9.18 Å². The largest absolute Gasteiger partial charge is 0.497 e. The zero-order chi connectivity index (χ0) is 21.3. The number of aromatic nitrogens is 4. The summed E-state index contributed by atoms with van der Waals surface area (Å²) in [5.74, 6) is 0.417. The molecule has 1 aliphatic heterocycles. The molecule has 154 valence electrons. The van der Waals surface area contributed by atoms with E-state index in [1.807, 2.05) is 0 Å². The molecule has 1 atom stereocenters. The number of benzene rings is 2. The molecule has 0 bridgehead atoms. The highest BCUT2D eigenvalue weighted by Gasteiger charge is 2.35. The van der Waals surface area contributed by atoms with Crippen molar-refractivity contribution in [2.24, 2.45) is 0 Å². The van der Waals surface area contributed by atoms with Crippen LogP contribution in [-0.2, 0) is 4.79 Å². The molecule has 0 spiro atoms. The monoisotopic (exact) mass is 410 g/mol. The van der Waals surface area contributed by atoms with Gasteiger partial charge in [-0.15, -0.1) is 0 Å². The van der Waals surface area contributed by atoms with Gasteiger partial charge in [0.25, 0.3) is 5.91 Å². The van der Waals surface area contributed by atoms with Crippen LogP contribution in [0, 0.1) is 5.82 Å². The fourth-order valence-corrected chi connectivity index (χ4v) is 3.38. The summed E-state index contributed by atoms with van der Waals surface area (Å²) in [6.45, 7) is 1.71. The van der Waals surface area contributed by atoms with Gasteiger partial charge in [0.15, 0.2) is 0 Å². The van der Waals surface area contributed by atoms with Gasteiger partial charge in [0.1, 0.15) is 23.4 Å². The molecule has 2 heterocycles. The van der Waals surface area contributed by atoms with E-state index in [1.165, 1.54) is 25.0 Å². The summed E-state index contributed by atoms with van der Waals surface area (Å²) in [5, 5.41) is 17.3. The first kappa shape index (κ1) is 19.4. The lowest BCUT2D eigenvalue weighted by Crippen LogP contribution is -2.32. The molecule has 2 N–H and O–H groups in total. The number of nitrogens with zero attached hydrogens (tertiary/aromatic N) is 4. The van der Waals surface area contributed by atoms with Crippen molar-refractivity contribution in [1.82, 2.24) is 20.2 Å². The van der Waals surface area contributed by atoms with Gasteiger partial charge in [0.2, 0.25) is 5.95 Å². The molecule has 4 rings (SSSR count). The molecule has 0 saturated carbocycles. The van der Waals surface area contributed by atoms with Crippen LogP contribution in [0.4, 0.5) is 16.0 Å². The summed E-state index contributed by atoms with van der Waals surface area (Å²) in [7, 11) is 3.03. The predicted molar refractivity (Wildman–Crippen MR) is 107 cm³/mol. The van der Waals surface area contributed by atoms with Crippen molar-refractivity contribution in [1.29, 1.82) is 0 Å². The zero-order valence-corrected chi connectivity index (χ0v) is 16.5. The van der Waals surface area contributed by atoms with Crippen LogP contribution in [0.25, 0.3) is 0 Å². The number of halogens is 1. The Labute approximate surface area is 171 Å². The molecule has 10 heteroatoms. The van der Waals surface area contributed by atoms with Crippen molar-refractivity contribution in [2.45, 2.75) is 13.0 Å². The van der Waals surface area contributed by atoms with Crippen molar-refractivity contribution >= 4 is 17.5 Å². The Kier molecular flexibility index (Phi) is 5.05. The Balaban J connectivity index is 1.76. The van der Waals surface area contributed by atoms with E-state index in [1.54, 1.807) is 43.3 Å². The number of allylic oxidation sites excluding steroid dienone is 1. The van der Waals surface area contributed by atoms with Gasteiger partial charge >= 0.3 is 0 Å². The second-order valence-electron chi connectivity index (χ2n) is 6.56. The van der Waals surface area contributed by atoms with E-state index in [0.29, 0.717) is 28.8 Å². The summed E-state index contributed by atoms with van der Waals surface area (Å²) >= 11 is 0. The highest BCUT2D eigenvalue weighted by Crippen LogP contribution is 2.37. The van der Waals surface area contributed by atoms with Crippen LogP contribution in [0.1, 0.15) is 18.5 Å². The number of rotatable bonds is 5. The number of amides is 1. The molecule has 1 aromatic heterocycles. The third-order valence-corrected chi connectivity index (χ3v) is 4.82. The summed E-state index contributed by atoms with van der Waals surface area (Å²) < 4.78 is 26.6. The molecule has 1 aliphatic rings. The smallest absolute Gasteiger partial charge is 0.255 e. The lowest BCUT2D eigenvalue weighted by Gasteiger charge is -2.28. The fourth-order valence-electron chi connectivity index (χ4n) is 3.38. The van der Waals surface area contributed by atoms with Crippen LogP contribution in [-0.4, -0.2) is 40.3 Å². The van der Waals surface area contributed by atoms with Gasteiger partial charge in [-0.2, -0.15) is 4.68 Å². The van der Waals surface area contributed by atoms with Crippen molar-refractivity contribution in [2.75, 3.05) is 24.9 Å². The maximum absolute atomic E-state index is 14.7. The summed E-state index contributed by atoms with van der Waals surface area (Å²) in [6.07, 6.45) is 0. The molecule has 30 heavy (non-hydrogen) atoms. The van der Waals surface area contributed by atoms with E-state index in [-0.39, 0.29) is 11.1 Å². The van der Waals surface area contributed by atoms with Crippen molar-refractivity contribution in [3.8, 4) is 11.5 Å². The fraction of sp³-hybridized carbons (Fsp3) is 0.200. The number of tetrazole rings is 1. The Morgan fingerprint density at radius 1 is 1.20 bits per heavy atom. The molecular formula is C20H19FN6O3. The van der Waals surface area contributed by atoms with E-state index >= 15 is 0 Å². The average Bonchev–Trinajstić information content (AvgIpc) is 3.21. The minimum absolute atomic E-state index is 0.276. The van der Waals surface area contributed by atoms with Crippen LogP contribution in [0.3, 0.4) is 0 Å². The first-order valence-corrected chi connectivity index (χ1v) is 9.07. The molecular weight excluding hydrogens is 391 g/mol. The number of hydrogen-bond acceptors (Lipinski definition) is 7. The third-order valence-electron chi connectivity index (χ3n) is 4.82. The van der Waals surface area contributed by atoms with Crippen molar-refractivity contribution in [3.63, 3.8) is 0 Å². The van der Waals surface area contributed by atoms with Gasteiger partial charge in [-0.1, -0.05) is 23.3 Å². The Morgan fingerprint density at radius 2 is 2.00 bits per heavy atom. The average molecular weight is 410 g/mol. The first-order valence-electron chi connectivity index (χ1n) is 9.07. The molecule has 9 nitrogen and oxygen atoms in total. The van der Waals surface area contributed by atoms with Gasteiger partial charge in [-0.05, 0) is 35.5 Å². The van der Waals surface area contributed by atoms with Gasteiger partial charge in [-0.25, -0.2) is 4.39 Å². The standard InChI is InChI=1S/C20H19FN6O3/c1-11-17(19(28)23-15-9-8-12(29-2)10-16(15)30-3)18(13-6-4-5-7-14(13)21)27-20(22-11)24-25-26-27/h4-10,18H,1-3H3,(H,23,28)(H,22,24,26)/t18-/m1/s1. The van der Waals surface area contributed by atoms with Crippen LogP contribution < -0.4 is 20.1 Å². The molecule has 0 saturated heterocycles. The summed E-state index contributed by atoms with van der Waals surface area (Å²) in [4.78, 5) is 13.3. The second-order valence-corrected chi connectivity index (χ2v) is 6.56. The predicted octanol–water partition coefficient (Wildman–Crippen LogP) is 2.76. The number of ether oxygens (including phenoxy) is 2. The zero-order valence-electron chi connectivity index (χ0n) is 16.5. The third kappa shape index (κ3) is 3.32. The Hall–Kier alpha value is -3.95. The minimum Gasteiger partial charge on any atom is -0.497 e. The van der Waals surface area contributed by atoms with Gasteiger partial charge in [-0.3, -0.25) is 4.79 Å². The second kappa shape index (κ2) is 7.82. The van der Waals surface area contributed by atoms with E-state index in [0.717, 1.165) is 0 Å². The van der Waals surface area contributed by atoms with Crippen LogP contribution in [0.5, 0.6) is 11.5 Å². The topological polar surface area (TPSA) is 103 Å². The Morgan fingerprint density at radius 3 is 2.73 bits per heavy atom. The lowest BCUT2D eigenvalue weighted by atomic mass is 9.94. The summed E-state index contributed by atoms with van der Waals surface area (Å²) in [5.41, 5.74) is 1.51. The van der Waals surface area contributed by atoms with Crippen molar-refractivity contribution < 1.29 is 18.7 Å². The molecule has 1 amide bonds. The quantitative estimate of drug-likeness (QED) is 0.667. The SMILES string of the molecule is COc1ccc(NC(=O)C2=C(C)Nc3nnnn3[C@@H]2c2ccccc2F)c(OC)c1. The van der Waals surface area contributed by atoms with Crippen LogP contribution in [0.2, 0.25) is 0 Å². The van der Waals surface area contributed by atoms with E-state index in [2.05, 4.69) is 26.2 Å². The maximum Gasteiger partial charge on any atom is 0.255 e. The highest BCUT2D eigenvalue weighted by atomic mass is 19.1. The number of methoxy groups -OCH3 is 2. The number of anilines is 2. The molecule has 2 aromatic carbocycles. The van der Waals surface area contributed by atoms with Crippen molar-refractivity contribution in [3.05, 3.63) is 65.1 Å². The molecule has 0 unspecified atom stereocenters. The minimum atomic E-state index is -0.846. The molecule has 0 fully saturated rings. The van der Waals surface area contributed by atoms with E-state index in [4.69, 9.17) is 9.47 Å². The molecule has 3 aromatic rings. The molecule has 0 aliphatic carbocycles. The number of hydrogen-bond donors (Lipinski definition) is 2. The Bertz CT molecular complexity index is 1140. The lowest BCUT2D eigenvalue weighted by molar-refractivity contribution is -0.113. The van der Waals surface area contributed by atoms with E-state index < -0.39 is 17.8 Å². The summed E-state index contributed by atoms with van der Waals surface area (Å²) in [6, 6.07) is 10.4. The molecule has 0 radical (unpaired) electrons. The van der Waals surface area contributed by atoms with Gasteiger partial charge in [0, 0.05) is 17.3 Å². The van der Waals surface area contributed by atoms with Crippen LogP contribution >= 0.6 is 0 Å². The van der Waals surface area contributed by atoms with Gasteiger partial charge < -0.3 is 20.1 Å². The maximum atomic E-state index is 14.7. The number of nitrogens with one attached hydrogen (secondary N) is 2. The number of fused-ring (bicyclic) bond motifs is 1. The first-order chi connectivity index (χ1) is 14.5. The number of carbonyl (C=O) groups is 1. The normalized spacial score (nSPS) is 15.3. The number of carbonyl (C=O) groups excluding carboxylic acids is 1.